The van der Waals surface area contributed by atoms with Crippen LogP contribution >= 0.6 is 0 Å². The van der Waals surface area contributed by atoms with Crippen molar-refractivity contribution in [3.05, 3.63) is 40.2 Å². The van der Waals surface area contributed by atoms with Crippen LogP contribution in [-0.2, 0) is 11.3 Å². The Balaban J connectivity index is 1.96. The van der Waals surface area contributed by atoms with Gasteiger partial charge in [0.2, 0.25) is 5.91 Å². The van der Waals surface area contributed by atoms with Gasteiger partial charge in [-0.3, -0.25) is 9.69 Å². The topological polar surface area (TPSA) is 82.8 Å². The van der Waals surface area contributed by atoms with Gasteiger partial charge in [-0.2, -0.15) is 0 Å². The summed E-state index contributed by atoms with van der Waals surface area (Å²) >= 11 is 0. The molecule has 0 spiro atoms. The molecule has 1 aliphatic rings. The average molecular weight is 316 g/mol. The van der Waals surface area contributed by atoms with Gasteiger partial charge in [0.15, 0.2) is 0 Å². The molecule has 1 aliphatic heterocycles. The molecule has 0 bridgehead atoms. The number of aliphatic hydroxyl groups is 1. The number of carbonyl (C=O) groups excluding carboxylic acids is 1. The number of hydrogen-bond acceptors (Lipinski definition) is 5. The fraction of sp³-hybridized carbons (Fsp3) is 0.412. The Kier molecular flexibility index (Phi) is 4.45. The zero-order chi connectivity index (χ0) is 16.4. The first-order valence-corrected chi connectivity index (χ1v) is 7.76. The van der Waals surface area contributed by atoms with Crippen LogP contribution in [0.1, 0.15) is 25.3 Å². The number of amides is 1. The zero-order valence-electron chi connectivity index (χ0n) is 13.0. The van der Waals surface area contributed by atoms with Crippen molar-refractivity contribution in [2.45, 2.75) is 32.4 Å². The quantitative estimate of drug-likeness (QED) is 0.839. The summed E-state index contributed by atoms with van der Waals surface area (Å²) in [6.45, 7) is 3.08. The van der Waals surface area contributed by atoms with Gasteiger partial charge in [-0.1, -0.05) is 0 Å². The minimum atomic E-state index is -0.410. The van der Waals surface area contributed by atoms with Crippen LogP contribution in [0, 0.1) is 0 Å². The third-order valence-electron chi connectivity index (χ3n) is 4.23. The molecule has 0 aliphatic carbocycles. The number of rotatable bonds is 4. The number of fused-ring (bicyclic) bond motifs is 1. The zero-order valence-corrected chi connectivity index (χ0v) is 13.0. The Hall–Kier alpha value is -2.18. The van der Waals surface area contributed by atoms with Crippen LogP contribution in [0.5, 0.6) is 0 Å². The van der Waals surface area contributed by atoms with E-state index in [0.29, 0.717) is 17.8 Å². The van der Waals surface area contributed by atoms with Gasteiger partial charge < -0.3 is 14.8 Å². The Morgan fingerprint density at radius 3 is 3.00 bits per heavy atom. The minimum Gasteiger partial charge on any atom is -0.423 e. The molecular weight excluding hydrogens is 296 g/mol. The van der Waals surface area contributed by atoms with E-state index < -0.39 is 5.63 Å². The second kappa shape index (κ2) is 6.52. The first kappa shape index (κ1) is 15.7. The summed E-state index contributed by atoms with van der Waals surface area (Å²) < 4.78 is 5.27. The van der Waals surface area contributed by atoms with Crippen LogP contribution in [-0.4, -0.2) is 35.1 Å². The van der Waals surface area contributed by atoms with Crippen molar-refractivity contribution in [3.63, 3.8) is 0 Å². The van der Waals surface area contributed by atoms with E-state index in [0.717, 1.165) is 30.3 Å². The fourth-order valence-corrected chi connectivity index (χ4v) is 3.17. The molecule has 6 nitrogen and oxygen atoms in total. The maximum absolute atomic E-state index is 11.8. The van der Waals surface area contributed by atoms with Gasteiger partial charge in [0.25, 0.3) is 0 Å². The Labute approximate surface area is 133 Å². The average Bonchev–Trinajstić information content (AvgIpc) is 2.93. The van der Waals surface area contributed by atoms with E-state index in [1.54, 1.807) is 12.1 Å². The van der Waals surface area contributed by atoms with Crippen LogP contribution in [0.25, 0.3) is 11.0 Å². The van der Waals surface area contributed by atoms with Crippen LogP contribution in [0.4, 0.5) is 5.69 Å². The molecule has 2 N–H and O–H groups in total. The van der Waals surface area contributed by atoms with E-state index in [-0.39, 0.29) is 18.6 Å². The van der Waals surface area contributed by atoms with Gasteiger partial charge in [-0.05, 0) is 37.1 Å². The Morgan fingerprint density at radius 2 is 2.26 bits per heavy atom. The number of nitrogens with zero attached hydrogens (tertiary/aromatic N) is 1. The molecule has 0 radical (unpaired) electrons. The first-order chi connectivity index (χ1) is 11.1. The Bertz CT molecular complexity index is 784. The molecule has 1 saturated heterocycles. The van der Waals surface area contributed by atoms with Crippen molar-refractivity contribution in [1.29, 1.82) is 0 Å². The van der Waals surface area contributed by atoms with Crippen LogP contribution in [0.3, 0.4) is 0 Å². The molecule has 1 amide bonds. The molecule has 2 heterocycles. The number of nitrogens with one attached hydrogen (secondary N) is 1. The lowest BCUT2D eigenvalue weighted by atomic mass is 10.1. The molecular formula is C17H20N2O4. The standard InChI is InChI=1S/C17H20N2O4/c1-11(21)18-13-4-5-15-12(7-17(22)23-16(15)8-13)9-19-6-2-3-14(19)10-20/h4-5,7-8,14,20H,2-3,6,9-10H2,1H3,(H,18,21). The van der Waals surface area contributed by atoms with Crippen LogP contribution in [0.15, 0.2) is 33.5 Å². The molecule has 1 unspecified atom stereocenters. The predicted molar refractivity (Wildman–Crippen MR) is 87.3 cm³/mol. The van der Waals surface area contributed by atoms with Crippen molar-refractivity contribution in [1.82, 2.24) is 4.90 Å². The smallest absolute Gasteiger partial charge is 0.336 e. The molecule has 1 aromatic carbocycles. The fourth-order valence-electron chi connectivity index (χ4n) is 3.17. The van der Waals surface area contributed by atoms with E-state index in [9.17, 15) is 14.7 Å². The molecule has 2 aromatic rings. The lowest BCUT2D eigenvalue weighted by Crippen LogP contribution is -2.31. The maximum Gasteiger partial charge on any atom is 0.336 e. The molecule has 6 heteroatoms. The number of benzene rings is 1. The summed E-state index contributed by atoms with van der Waals surface area (Å²) in [5.74, 6) is -0.175. The van der Waals surface area contributed by atoms with Gasteiger partial charge in [0, 0.05) is 42.7 Å². The van der Waals surface area contributed by atoms with Crippen LogP contribution in [0.2, 0.25) is 0 Å². The number of hydrogen-bond donors (Lipinski definition) is 2. The van der Waals surface area contributed by atoms with Crippen molar-refractivity contribution in [2.75, 3.05) is 18.5 Å². The second-order valence-electron chi connectivity index (χ2n) is 5.93. The van der Waals surface area contributed by atoms with Gasteiger partial charge in [0.1, 0.15) is 5.58 Å². The Morgan fingerprint density at radius 1 is 1.43 bits per heavy atom. The SMILES string of the molecule is CC(=O)Nc1ccc2c(CN3CCCC3CO)cc(=O)oc2c1. The molecule has 23 heavy (non-hydrogen) atoms. The van der Waals surface area contributed by atoms with Crippen molar-refractivity contribution < 1.29 is 14.3 Å². The van der Waals surface area contributed by atoms with Gasteiger partial charge >= 0.3 is 5.63 Å². The highest BCUT2D eigenvalue weighted by Crippen LogP contribution is 2.25. The monoisotopic (exact) mass is 316 g/mol. The van der Waals surface area contributed by atoms with Gasteiger partial charge in [0.05, 0.1) is 6.61 Å². The molecule has 0 saturated carbocycles. The summed E-state index contributed by atoms with van der Waals surface area (Å²) in [6, 6.07) is 6.96. The van der Waals surface area contributed by atoms with E-state index in [1.165, 1.54) is 13.0 Å². The van der Waals surface area contributed by atoms with E-state index in [2.05, 4.69) is 10.2 Å². The highest BCUT2D eigenvalue weighted by molar-refractivity contribution is 5.92. The van der Waals surface area contributed by atoms with Crippen molar-refractivity contribution in [2.24, 2.45) is 0 Å². The lowest BCUT2D eigenvalue weighted by molar-refractivity contribution is -0.114. The summed E-state index contributed by atoms with van der Waals surface area (Å²) in [6.07, 6.45) is 2.03. The number of likely N-dealkylation sites (tertiary alicyclic amines) is 1. The summed E-state index contributed by atoms with van der Waals surface area (Å²) in [5.41, 5.74) is 1.52. The number of carbonyl (C=O) groups is 1. The number of aliphatic hydroxyl groups excluding tert-OH is 1. The van der Waals surface area contributed by atoms with E-state index >= 15 is 0 Å². The van der Waals surface area contributed by atoms with Crippen LogP contribution < -0.4 is 10.9 Å². The van der Waals surface area contributed by atoms with E-state index in [4.69, 9.17) is 4.42 Å². The third-order valence-corrected chi connectivity index (χ3v) is 4.23. The van der Waals surface area contributed by atoms with Gasteiger partial charge in [-0.25, -0.2) is 4.79 Å². The maximum atomic E-state index is 11.8. The highest BCUT2D eigenvalue weighted by Gasteiger charge is 2.24. The molecule has 122 valence electrons. The minimum absolute atomic E-state index is 0.131. The largest absolute Gasteiger partial charge is 0.423 e. The third kappa shape index (κ3) is 3.43. The van der Waals surface area contributed by atoms with Crippen molar-refractivity contribution in [3.8, 4) is 0 Å². The lowest BCUT2D eigenvalue weighted by Gasteiger charge is -2.23. The van der Waals surface area contributed by atoms with E-state index in [1.807, 2.05) is 6.07 Å². The first-order valence-electron chi connectivity index (χ1n) is 7.76. The highest BCUT2D eigenvalue weighted by atomic mass is 16.4. The second-order valence-corrected chi connectivity index (χ2v) is 5.93. The normalized spacial score (nSPS) is 18.4. The molecule has 1 fully saturated rings. The predicted octanol–water partition coefficient (Wildman–Crippen LogP) is 1.71. The van der Waals surface area contributed by atoms with Crippen molar-refractivity contribution >= 4 is 22.6 Å². The molecule has 3 rings (SSSR count). The number of anilines is 1. The summed E-state index contributed by atoms with van der Waals surface area (Å²) in [4.78, 5) is 25.2. The summed E-state index contributed by atoms with van der Waals surface area (Å²) in [5, 5.41) is 13.0. The van der Waals surface area contributed by atoms with Gasteiger partial charge in [-0.15, -0.1) is 0 Å². The summed E-state index contributed by atoms with van der Waals surface area (Å²) in [7, 11) is 0. The molecule has 1 aromatic heterocycles. The molecule has 1 atom stereocenters.